The minimum atomic E-state index is -3.54. The van der Waals surface area contributed by atoms with Crippen LogP contribution in [0.4, 0.5) is 10.5 Å². The normalized spacial score (nSPS) is 15.9. The summed E-state index contributed by atoms with van der Waals surface area (Å²) in [6.07, 6.45) is 0. The van der Waals surface area contributed by atoms with Crippen molar-refractivity contribution in [3.63, 3.8) is 0 Å². The number of morpholine rings is 1. The number of rotatable bonds is 3. The molecule has 110 valence electrons. The number of urea groups is 1. The molecule has 0 bridgehead atoms. The first-order valence-corrected chi connectivity index (χ1v) is 7.89. The summed E-state index contributed by atoms with van der Waals surface area (Å²) in [4.78, 5) is 13.6. The lowest BCUT2D eigenvalue weighted by Crippen LogP contribution is -2.43. The number of nitrogens with two attached hydrogens (primary N) is 1. The van der Waals surface area contributed by atoms with Crippen LogP contribution >= 0.6 is 0 Å². The lowest BCUT2D eigenvalue weighted by molar-refractivity contribution is 0.0564. The molecular formula is C12H17N3O4S. The van der Waals surface area contributed by atoms with Crippen LogP contribution in [0, 0.1) is 0 Å². The van der Waals surface area contributed by atoms with Gasteiger partial charge in [0.25, 0.3) is 0 Å². The van der Waals surface area contributed by atoms with E-state index < -0.39 is 10.0 Å². The molecule has 1 aliphatic heterocycles. The monoisotopic (exact) mass is 299 g/mol. The summed E-state index contributed by atoms with van der Waals surface area (Å²) < 4.78 is 27.1. The van der Waals surface area contributed by atoms with Crippen molar-refractivity contribution in [3.05, 3.63) is 29.8 Å². The van der Waals surface area contributed by atoms with Crippen molar-refractivity contribution in [2.45, 2.75) is 5.75 Å². The van der Waals surface area contributed by atoms with Crippen LogP contribution in [0.3, 0.4) is 0 Å². The number of carbonyl (C=O) groups excluding carboxylic acids is 1. The van der Waals surface area contributed by atoms with Gasteiger partial charge in [-0.05, 0) is 17.7 Å². The molecule has 0 aliphatic carbocycles. The fourth-order valence-electron chi connectivity index (χ4n) is 1.89. The number of hydrogen-bond acceptors (Lipinski definition) is 4. The number of ether oxygens (including phenoxy) is 1. The highest BCUT2D eigenvalue weighted by molar-refractivity contribution is 7.88. The summed E-state index contributed by atoms with van der Waals surface area (Å²) in [5, 5.41) is 7.72. The lowest BCUT2D eigenvalue weighted by Gasteiger charge is -2.26. The van der Waals surface area contributed by atoms with Gasteiger partial charge >= 0.3 is 6.03 Å². The second kappa shape index (κ2) is 6.21. The van der Waals surface area contributed by atoms with Crippen molar-refractivity contribution < 1.29 is 17.9 Å². The van der Waals surface area contributed by atoms with Gasteiger partial charge in [0.05, 0.1) is 19.0 Å². The topological polar surface area (TPSA) is 102 Å². The fraction of sp³-hybridized carbons (Fsp3) is 0.417. The van der Waals surface area contributed by atoms with E-state index in [2.05, 4.69) is 5.32 Å². The van der Waals surface area contributed by atoms with Crippen molar-refractivity contribution in [2.24, 2.45) is 5.14 Å². The van der Waals surface area contributed by atoms with Gasteiger partial charge in [-0.3, -0.25) is 0 Å². The van der Waals surface area contributed by atoms with Crippen LogP contribution in [0.5, 0.6) is 0 Å². The van der Waals surface area contributed by atoms with Gasteiger partial charge in [-0.15, -0.1) is 0 Å². The van der Waals surface area contributed by atoms with Gasteiger partial charge in [0.2, 0.25) is 10.0 Å². The third-order valence-electron chi connectivity index (χ3n) is 2.87. The number of nitrogens with one attached hydrogen (secondary N) is 1. The summed E-state index contributed by atoms with van der Waals surface area (Å²) in [6, 6.07) is 6.36. The lowest BCUT2D eigenvalue weighted by atomic mass is 10.2. The van der Waals surface area contributed by atoms with Crippen LogP contribution in [0.1, 0.15) is 5.56 Å². The Hall–Kier alpha value is -1.64. The molecule has 0 atom stereocenters. The Balaban J connectivity index is 1.94. The molecule has 2 rings (SSSR count). The molecule has 0 unspecified atom stereocenters. The van der Waals surface area contributed by atoms with E-state index in [0.29, 0.717) is 37.6 Å². The van der Waals surface area contributed by atoms with Gasteiger partial charge in [-0.25, -0.2) is 18.4 Å². The van der Waals surface area contributed by atoms with Crippen molar-refractivity contribution >= 4 is 21.7 Å². The van der Waals surface area contributed by atoms with Gasteiger partial charge in [0.1, 0.15) is 0 Å². The van der Waals surface area contributed by atoms with Gasteiger partial charge in [0, 0.05) is 18.8 Å². The summed E-state index contributed by atoms with van der Waals surface area (Å²) in [7, 11) is -3.54. The molecule has 2 amide bonds. The van der Waals surface area contributed by atoms with E-state index in [1.165, 1.54) is 0 Å². The minimum absolute atomic E-state index is 0.188. The molecule has 0 saturated carbocycles. The molecular weight excluding hydrogens is 282 g/mol. The standard InChI is InChI=1S/C12H17N3O4S/c13-20(17,18)9-10-1-3-11(4-2-10)14-12(16)15-5-7-19-8-6-15/h1-4H,5-9H2,(H,14,16)(H2,13,17,18). The smallest absolute Gasteiger partial charge is 0.321 e. The second-order valence-corrected chi connectivity index (χ2v) is 6.15. The number of carbonyl (C=O) groups is 1. The van der Waals surface area contributed by atoms with Crippen LogP contribution in [0.2, 0.25) is 0 Å². The van der Waals surface area contributed by atoms with Crippen LogP contribution in [-0.2, 0) is 20.5 Å². The molecule has 1 saturated heterocycles. The number of nitrogens with zero attached hydrogens (tertiary/aromatic N) is 1. The Labute approximate surface area is 117 Å². The molecule has 20 heavy (non-hydrogen) atoms. The van der Waals surface area contributed by atoms with Gasteiger partial charge < -0.3 is 15.0 Å². The number of benzene rings is 1. The van der Waals surface area contributed by atoms with Crippen LogP contribution in [0.15, 0.2) is 24.3 Å². The van der Waals surface area contributed by atoms with E-state index in [4.69, 9.17) is 9.88 Å². The van der Waals surface area contributed by atoms with E-state index in [1.807, 2.05) is 0 Å². The van der Waals surface area contributed by atoms with E-state index in [-0.39, 0.29) is 11.8 Å². The number of primary sulfonamides is 1. The van der Waals surface area contributed by atoms with Crippen LogP contribution in [-0.4, -0.2) is 45.7 Å². The Morgan fingerprint density at radius 1 is 1.25 bits per heavy atom. The Morgan fingerprint density at radius 3 is 2.40 bits per heavy atom. The zero-order valence-electron chi connectivity index (χ0n) is 10.9. The average Bonchev–Trinajstić information content (AvgIpc) is 2.40. The Kier molecular flexibility index (Phi) is 4.58. The molecule has 0 aromatic heterocycles. The van der Waals surface area contributed by atoms with E-state index in [0.717, 1.165) is 0 Å². The molecule has 8 heteroatoms. The first-order chi connectivity index (χ1) is 9.44. The molecule has 1 aromatic rings. The third kappa shape index (κ3) is 4.48. The second-order valence-electron chi connectivity index (χ2n) is 4.53. The third-order valence-corrected chi connectivity index (χ3v) is 3.61. The number of hydrogen-bond donors (Lipinski definition) is 2. The molecule has 0 radical (unpaired) electrons. The average molecular weight is 299 g/mol. The summed E-state index contributed by atoms with van der Waals surface area (Å²) >= 11 is 0. The molecule has 3 N–H and O–H groups in total. The molecule has 1 heterocycles. The van der Waals surface area contributed by atoms with Crippen LogP contribution < -0.4 is 10.5 Å². The van der Waals surface area contributed by atoms with Crippen molar-refractivity contribution in [1.82, 2.24) is 4.90 Å². The highest BCUT2D eigenvalue weighted by Crippen LogP contribution is 2.12. The van der Waals surface area contributed by atoms with Crippen molar-refractivity contribution in [3.8, 4) is 0 Å². The predicted molar refractivity (Wildman–Crippen MR) is 74.7 cm³/mol. The van der Waals surface area contributed by atoms with Crippen molar-refractivity contribution in [1.29, 1.82) is 0 Å². The summed E-state index contributed by atoms with van der Waals surface area (Å²) in [6.45, 7) is 2.21. The van der Waals surface area contributed by atoms with Crippen molar-refractivity contribution in [2.75, 3.05) is 31.6 Å². The molecule has 1 aliphatic rings. The van der Waals surface area contributed by atoms with E-state index in [1.54, 1.807) is 29.2 Å². The maximum absolute atomic E-state index is 11.9. The molecule has 0 spiro atoms. The summed E-state index contributed by atoms with van der Waals surface area (Å²) in [5.74, 6) is -0.218. The molecule has 7 nitrogen and oxygen atoms in total. The number of amides is 2. The SMILES string of the molecule is NS(=O)(=O)Cc1ccc(NC(=O)N2CCOCC2)cc1. The zero-order chi connectivity index (χ0) is 14.6. The quantitative estimate of drug-likeness (QED) is 0.840. The van der Waals surface area contributed by atoms with E-state index >= 15 is 0 Å². The first kappa shape index (κ1) is 14.8. The minimum Gasteiger partial charge on any atom is -0.378 e. The number of sulfonamides is 1. The van der Waals surface area contributed by atoms with E-state index in [9.17, 15) is 13.2 Å². The van der Waals surface area contributed by atoms with Gasteiger partial charge in [0.15, 0.2) is 0 Å². The predicted octanol–water partition coefficient (Wildman–Crippen LogP) is 0.339. The maximum Gasteiger partial charge on any atom is 0.321 e. The fourth-order valence-corrected chi connectivity index (χ4v) is 2.54. The highest BCUT2D eigenvalue weighted by atomic mass is 32.2. The Bertz CT molecular complexity index is 565. The largest absolute Gasteiger partial charge is 0.378 e. The zero-order valence-corrected chi connectivity index (χ0v) is 11.7. The van der Waals surface area contributed by atoms with Crippen LogP contribution in [0.25, 0.3) is 0 Å². The molecule has 1 aromatic carbocycles. The summed E-state index contributed by atoms with van der Waals surface area (Å²) in [5.41, 5.74) is 1.19. The highest BCUT2D eigenvalue weighted by Gasteiger charge is 2.16. The molecule has 1 fully saturated rings. The van der Waals surface area contributed by atoms with Gasteiger partial charge in [-0.2, -0.15) is 0 Å². The Morgan fingerprint density at radius 2 is 1.85 bits per heavy atom. The first-order valence-electron chi connectivity index (χ1n) is 6.17. The maximum atomic E-state index is 11.9. The number of anilines is 1. The van der Waals surface area contributed by atoms with Gasteiger partial charge in [-0.1, -0.05) is 12.1 Å².